The minimum atomic E-state index is -5.01. The molecule has 1 aromatic heterocycles. The van der Waals surface area contributed by atoms with E-state index in [1.54, 1.807) is 30.3 Å². The van der Waals surface area contributed by atoms with Crippen LogP contribution < -0.4 is 19.6 Å². The van der Waals surface area contributed by atoms with E-state index < -0.39 is 35.0 Å². The van der Waals surface area contributed by atoms with Gasteiger partial charge in [-0.15, -0.1) is 0 Å². The molecule has 0 amide bonds. The second-order valence-corrected chi connectivity index (χ2v) is 12.9. The number of alkyl halides is 3. The van der Waals surface area contributed by atoms with Crippen molar-refractivity contribution in [2.45, 2.75) is 25.7 Å². The van der Waals surface area contributed by atoms with Crippen LogP contribution in [0.1, 0.15) is 35.2 Å². The Morgan fingerprint density at radius 3 is 2.58 bits per heavy atom. The van der Waals surface area contributed by atoms with Crippen molar-refractivity contribution in [1.82, 2.24) is 4.57 Å². The topological polar surface area (TPSA) is 93.7 Å². The van der Waals surface area contributed by atoms with Crippen LogP contribution in [-0.4, -0.2) is 23.3 Å². The standard InChI is InChI=1S/C31H19BrClF3IN3O4S/c1-2-43-29(42)24-25(17-7-9-20(33)10-8-17)40-28(41)23(45-30(40)39-27(24)31(34,35)36)13-16-11-21(32)26(22(37)12-16)44-15-19-6-4-3-5-18(19)14-38/h3-13,25H,2,15H2,1H3/b23-13-/t25-/m1/s1. The number of carbonyl (C=O) groups is 1. The van der Waals surface area contributed by atoms with E-state index in [2.05, 4.69) is 49.6 Å². The molecule has 7 nitrogen and oxygen atoms in total. The Hall–Kier alpha value is -3.45. The van der Waals surface area contributed by atoms with Crippen LogP contribution in [0.3, 0.4) is 0 Å². The summed E-state index contributed by atoms with van der Waals surface area (Å²) in [5.74, 6) is -0.715. The van der Waals surface area contributed by atoms with Crippen LogP contribution in [0, 0.1) is 14.9 Å². The van der Waals surface area contributed by atoms with Crippen molar-refractivity contribution < 1.29 is 27.4 Å². The number of ether oxygens (including phenoxy) is 2. The molecular weight excluding hydrogens is 810 g/mol. The van der Waals surface area contributed by atoms with E-state index in [1.165, 1.54) is 37.3 Å². The molecule has 0 spiro atoms. The molecule has 4 aromatic rings. The molecule has 0 fully saturated rings. The Morgan fingerprint density at radius 2 is 1.93 bits per heavy atom. The van der Waals surface area contributed by atoms with Crippen molar-refractivity contribution >= 4 is 73.5 Å². The van der Waals surface area contributed by atoms with Crippen molar-refractivity contribution in [3.8, 4) is 11.8 Å². The molecule has 45 heavy (non-hydrogen) atoms. The fraction of sp³-hybridized carbons (Fsp3) is 0.161. The number of hydrogen-bond acceptors (Lipinski definition) is 7. The quantitative estimate of drug-likeness (QED) is 0.151. The van der Waals surface area contributed by atoms with Gasteiger partial charge in [-0.05, 0) is 93.0 Å². The SMILES string of the molecule is CCOC(=O)C1=C(C(F)(F)F)N=c2s/c(=C\c3cc(Br)c(OCc4ccccc4C#N)c(I)c3)c(=O)n2[C@@H]1c1ccc(Cl)cc1. The zero-order valence-corrected chi connectivity index (χ0v) is 28.3. The maximum Gasteiger partial charge on any atom is 0.434 e. The smallest absolute Gasteiger partial charge is 0.434 e. The molecule has 0 saturated heterocycles. The lowest BCUT2D eigenvalue weighted by molar-refractivity contribution is -0.140. The highest BCUT2D eigenvalue weighted by Gasteiger charge is 2.45. The molecule has 0 unspecified atom stereocenters. The number of thiazole rings is 1. The maximum absolute atomic E-state index is 14.3. The van der Waals surface area contributed by atoms with Crippen LogP contribution in [0.25, 0.3) is 6.08 Å². The predicted octanol–water partition coefficient (Wildman–Crippen LogP) is 6.81. The van der Waals surface area contributed by atoms with Gasteiger partial charge >= 0.3 is 12.1 Å². The van der Waals surface area contributed by atoms with E-state index in [9.17, 15) is 28.0 Å². The van der Waals surface area contributed by atoms with E-state index in [1.807, 2.05) is 6.07 Å². The molecule has 14 heteroatoms. The average molecular weight is 829 g/mol. The minimum absolute atomic E-state index is 0.0960. The number of hydrogen-bond donors (Lipinski definition) is 0. The summed E-state index contributed by atoms with van der Waals surface area (Å²) in [6.07, 6.45) is -3.47. The number of benzene rings is 3. The summed E-state index contributed by atoms with van der Waals surface area (Å²) in [5, 5.41) is 9.68. The van der Waals surface area contributed by atoms with Gasteiger partial charge in [0.25, 0.3) is 5.56 Å². The Labute approximate surface area is 285 Å². The lowest BCUT2D eigenvalue weighted by Gasteiger charge is -2.26. The second kappa shape index (κ2) is 13.5. The fourth-order valence-electron chi connectivity index (χ4n) is 4.66. The van der Waals surface area contributed by atoms with E-state index >= 15 is 0 Å². The van der Waals surface area contributed by atoms with Crippen LogP contribution in [0.5, 0.6) is 5.75 Å². The molecule has 2 heterocycles. The van der Waals surface area contributed by atoms with Crippen LogP contribution >= 0.6 is 61.5 Å². The Balaban J connectivity index is 1.62. The molecule has 0 N–H and O–H groups in total. The third-order valence-electron chi connectivity index (χ3n) is 6.61. The van der Waals surface area contributed by atoms with Gasteiger partial charge in [-0.25, -0.2) is 9.79 Å². The Kier molecular flexibility index (Phi) is 9.88. The van der Waals surface area contributed by atoms with Gasteiger partial charge in [-0.3, -0.25) is 9.36 Å². The van der Waals surface area contributed by atoms with Crippen LogP contribution in [0.2, 0.25) is 5.02 Å². The van der Waals surface area contributed by atoms with E-state index in [0.717, 1.165) is 15.9 Å². The van der Waals surface area contributed by atoms with Gasteiger partial charge < -0.3 is 9.47 Å². The number of rotatable bonds is 7. The molecular formula is C31H19BrClF3IN3O4S. The number of allylic oxidation sites excluding steroid dienone is 1. The zero-order valence-electron chi connectivity index (χ0n) is 23.0. The minimum Gasteiger partial charge on any atom is -0.487 e. The monoisotopic (exact) mass is 827 g/mol. The van der Waals surface area contributed by atoms with Crippen molar-refractivity contribution in [3.63, 3.8) is 0 Å². The number of esters is 1. The molecule has 0 radical (unpaired) electrons. The molecule has 1 aliphatic rings. The largest absolute Gasteiger partial charge is 0.487 e. The van der Waals surface area contributed by atoms with Gasteiger partial charge in [0, 0.05) is 10.6 Å². The number of carbonyl (C=O) groups excluding carboxylic acids is 1. The summed E-state index contributed by atoms with van der Waals surface area (Å²) in [5.41, 5.74) is -0.862. The number of aromatic nitrogens is 1. The zero-order chi connectivity index (χ0) is 32.5. The van der Waals surface area contributed by atoms with Crippen LogP contribution in [-0.2, 0) is 16.1 Å². The summed E-state index contributed by atoms with van der Waals surface area (Å²) >= 11 is 12.4. The second-order valence-electron chi connectivity index (χ2n) is 9.49. The molecule has 1 aliphatic heterocycles. The van der Waals surface area contributed by atoms with Crippen molar-refractivity contribution in [2.75, 3.05) is 6.61 Å². The van der Waals surface area contributed by atoms with Crippen molar-refractivity contribution in [3.05, 3.63) is 127 Å². The molecule has 0 aliphatic carbocycles. The lowest BCUT2D eigenvalue weighted by atomic mass is 9.95. The maximum atomic E-state index is 14.3. The number of fused-ring (bicyclic) bond motifs is 1. The van der Waals surface area contributed by atoms with Gasteiger partial charge in [0.15, 0.2) is 10.5 Å². The molecule has 5 rings (SSSR count). The first-order valence-electron chi connectivity index (χ1n) is 13.1. The number of nitrogens with zero attached hydrogens (tertiary/aromatic N) is 3. The Bertz CT molecular complexity index is 2050. The van der Waals surface area contributed by atoms with Gasteiger partial charge in [0.05, 0.1) is 42.4 Å². The highest BCUT2D eigenvalue weighted by molar-refractivity contribution is 14.1. The van der Waals surface area contributed by atoms with Crippen molar-refractivity contribution in [1.29, 1.82) is 5.26 Å². The van der Waals surface area contributed by atoms with E-state index in [-0.39, 0.29) is 28.1 Å². The summed E-state index contributed by atoms with van der Waals surface area (Å²) in [6.45, 7) is 1.44. The number of halogens is 6. The van der Waals surface area contributed by atoms with Crippen LogP contribution in [0.4, 0.5) is 13.2 Å². The molecule has 3 aromatic carbocycles. The lowest BCUT2D eigenvalue weighted by Crippen LogP contribution is -2.41. The van der Waals surface area contributed by atoms with Crippen molar-refractivity contribution in [2.24, 2.45) is 4.99 Å². The third kappa shape index (κ3) is 6.89. The highest BCUT2D eigenvalue weighted by atomic mass is 127. The first-order chi connectivity index (χ1) is 21.4. The first-order valence-corrected chi connectivity index (χ1v) is 16.1. The summed E-state index contributed by atoms with van der Waals surface area (Å²) in [7, 11) is 0. The van der Waals surface area contributed by atoms with Gasteiger partial charge in [0.1, 0.15) is 12.4 Å². The summed E-state index contributed by atoms with van der Waals surface area (Å²) < 4.78 is 56.4. The normalized spacial score (nSPS) is 14.9. The fourth-order valence-corrected chi connectivity index (χ4v) is 7.55. The Morgan fingerprint density at radius 1 is 1.22 bits per heavy atom. The predicted molar refractivity (Wildman–Crippen MR) is 175 cm³/mol. The van der Waals surface area contributed by atoms with Gasteiger partial charge in [-0.2, -0.15) is 18.4 Å². The highest BCUT2D eigenvalue weighted by Crippen LogP contribution is 2.39. The average Bonchev–Trinajstić information content (AvgIpc) is 3.30. The molecule has 0 saturated carbocycles. The molecule has 230 valence electrons. The van der Waals surface area contributed by atoms with E-state index in [0.29, 0.717) is 35.5 Å². The molecule has 0 bridgehead atoms. The first kappa shape index (κ1) is 32.9. The van der Waals surface area contributed by atoms with E-state index in [4.69, 9.17) is 21.1 Å². The number of nitriles is 1. The van der Waals surface area contributed by atoms with Crippen LogP contribution in [0.15, 0.2) is 86.2 Å². The summed E-state index contributed by atoms with van der Waals surface area (Å²) in [4.78, 5) is 30.4. The molecule has 1 atom stereocenters. The van der Waals surface area contributed by atoms with Gasteiger partial charge in [0.2, 0.25) is 0 Å². The van der Waals surface area contributed by atoms with Gasteiger partial charge in [-0.1, -0.05) is 53.3 Å². The third-order valence-corrected chi connectivity index (χ3v) is 9.23. The summed E-state index contributed by atoms with van der Waals surface area (Å²) in [6, 6.07) is 17.0.